The number of rotatable bonds is 7. The van der Waals surface area contributed by atoms with Gasteiger partial charge in [-0.3, -0.25) is 0 Å². The lowest BCUT2D eigenvalue weighted by Crippen LogP contribution is -2.27. The summed E-state index contributed by atoms with van der Waals surface area (Å²) >= 11 is 1.12. The third-order valence-electron chi connectivity index (χ3n) is 6.25. The molecule has 0 aliphatic carbocycles. The molecule has 6 nitrogen and oxygen atoms in total. The van der Waals surface area contributed by atoms with Gasteiger partial charge in [-0.05, 0) is 43.9 Å². The van der Waals surface area contributed by atoms with Gasteiger partial charge < -0.3 is 9.30 Å². The molecule has 0 radical (unpaired) electrons. The average Bonchev–Trinajstić information content (AvgIpc) is 3.55. The number of aromatic nitrogens is 2. The summed E-state index contributed by atoms with van der Waals surface area (Å²) in [6.07, 6.45) is 3.49. The molecule has 5 rings (SSSR count). The molecule has 2 saturated heterocycles. The normalized spacial score (nSPS) is 19.4. The number of fused-ring (bicyclic) bond motifs is 1. The van der Waals surface area contributed by atoms with Crippen LogP contribution in [0.4, 0.5) is 13.2 Å². The highest BCUT2D eigenvalue weighted by Crippen LogP contribution is 2.32. The van der Waals surface area contributed by atoms with Crippen molar-refractivity contribution in [1.29, 1.82) is 0 Å². The molecule has 1 atom stereocenters. The molecule has 0 amide bonds. The Morgan fingerprint density at radius 2 is 1.79 bits per heavy atom. The summed E-state index contributed by atoms with van der Waals surface area (Å²) in [6, 6.07) is 6.17. The fraction of sp³-hybridized carbons (Fsp3) is 0.435. The molecule has 0 bridgehead atoms. The van der Waals surface area contributed by atoms with Gasteiger partial charge in [0.25, 0.3) is 0 Å². The molecule has 2 aromatic carbocycles. The van der Waals surface area contributed by atoms with E-state index in [1.165, 1.54) is 4.31 Å². The van der Waals surface area contributed by atoms with Crippen LogP contribution in [0.5, 0.6) is 0 Å². The molecular formula is C23H24F3N3O3S2. The van der Waals surface area contributed by atoms with E-state index in [1.807, 2.05) is 4.57 Å². The van der Waals surface area contributed by atoms with Gasteiger partial charge in [0.05, 0.1) is 28.6 Å². The molecule has 1 aromatic heterocycles. The maximum atomic E-state index is 14.2. The second-order valence-electron chi connectivity index (χ2n) is 8.54. The van der Waals surface area contributed by atoms with Crippen molar-refractivity contribution in [2.24, 2.45) is 0 Å². The van der Waals surface area contributed by atoms with Gasteiger partial charge in [0.1, 0.15) is 17.5 Å². The average molecular weight is 512 g/mol. The first kappa shape index (κ1) is 23.7. The molecule has 2 aliphatic heterocycles. The lowest BCUT2D eigenvalue weighted by atomic mass is 10.2. The summed E-state index contributed by atoms with van der Waals surface area (Å²) in [5.74, 6) is -2.97. The van der Waals surface area contributed by atoms with Gasteiger partial charge in [-0.1, -0.05) is 11.8 Å². The Bertz CT molecular complexity index is 1290. The largest absolute Gasteiger partial charge is 0.376 e. The fourth-order valence-electron chi connectivity index (χ4n) is 4.45. The van der Waals surface area contributed by atoms with E-state index in [1.54, 1.807) is 18.2 Å². The molecule has 11 heteroatoms. The Morgan fingerprint density at radius 1 is 1.06 bits per heavy atom. The van der Waals surface area contributed by atoms with Crippen molar-refractivity contribution >= 4 is 32.8 Å². The van der Waals surface area contributed by atoms with Gasteiger partial charge >= 0.3 is 0 Å². The van der Waals surface area contributed by atoms with E-state index in [0.717, 1.165) is 43.0 Å². The van der Waals surface area contributed by atoms with Gasteiger partial charge in [0.15, 0.2) is 5.16 Å². The number of hydrogen-bond acceptors (Lipinski definition) is 5. The summed E-state index contributed by atoms with van der Waals surface area (Å²) in [5, 5.41) is 0.490. The molecule has 182 valence electrons. The molecule has 0 unspecified atom stereocenters. The van der Waals surface area contributed by atoms with Crippen molar-refractivity contribution in [3.8, 4) is 0 Å². The van der Waals surface area contributed by atoms with Crippen molar-refractivity contribution in [2.75, 3.05) is 19.7 Å². The first-order valence-electron chi connectivity index (χ1n) is 11.2. The zero-order valence-corrected chi connectivity index (χ0v) is 20.0. The Balaban J connectivity index is 1.50. The summed E-state index contributed by atoms with van der Waals surface area (Å²) < 4.78 is 76.8. The highest BCUT2D eigenvalue weighted by atomic mass is 32.2. The topological polar surface area (TPSA) is 64.4 Å². The maximum absolute atomic E-state index is 14.2. The Labute approximate surface area is 200 Å². The quantitative estimate of drug-likeness (QED) is 0.430. The van der Waals surface area contributed by atoms with E-state index in [-0.39, 0.29) is 22.3 Å². The van der Waals surface area contributed by atoms with Gasteiger partial charge in [-0.15, -0.1) is 0 Å². The van der Waals surface area contributed by atoms with Gasteiger partial charge in [0.2, 0.25) is 10.0 Å². The summed E-state index contributed by atoms with van der Waals surface area (Å²) in [5.41, 5.74) is 0.971. The number of hydrogen-bond donors (Lipinski definition) is 0. The molecule has 0 N–H and O–H groups in total. The van der Waals surface area contributed by atoms with Crippen LogP contribution in [-0.4, -0.2) is 48.1 Å². The monoisotopic (exact) mass is 511 g/mol. The first-order chi connectivity index (χ1) is 16.3. The minimum Gasteiger partial charge on any atom is -0.376 e. The van der Waals surface area contributed by atoms with Crippen molar-refractivity contribution in [3.05, 3.63) is 53.3 Å². The summed E-state index contributed by atoms with van der Waals surface area (Å²) in [4.78, 5) is 4.79. The molecule has 34 heavy (non-hydrogen) atoms. The van der Waals surface area contributed by atoms with Crippen LogP contribution in [0.2, 0.25) is 0 Å². The predicted octanol–water partition coefficient (Wildman–Crippen LogP) is 4.71. The van der Waals surface area contributed by atoms with Gasteiger partial charge in [0, 0.05) is 43.1 Å². The summed E-state index contributed by atoms with van der Waals surface area (Å²) in [6.45, 7) is 2.17. The fourth-order valence-corrected chi connectivity index (χ4v) is 7.03. The van der Waals surface area contributed by atoms with E-state index >= 15 is 0 Å². The van der Waals surface area contributed by atoms with Crippen molar-refractivity contribution in [2.45, 2.75) is 54.1 Å². The molecule has 2 aliphatic rings. The van der Waals surface area contributed by atoms with E-state index in [4.69, 9.17) is 4.74 Å². The zero-order chi connectivity index (χ0) is 23.9. The van der Waals surface area contributed by atoms with Crippen LogP contribution in [0, 0.1) is 17.5 Å². The first-order valence-corrected chi connectivity index (χ1v) is 13.6. The molecular weight excluding hydrogens is 487 g/mol. The predicted molar refractivity (Wildman–Crippen MR) is 123 cm³/mol. The number of nitrogens with zero attached hydrogens (tertiary/aromatic N) is 3. The van der Waals surface area contributed by atoms with Crippen LogP contribution in [0.1, 0.15) is 31.2 Å². The van der Waals surface area contributed by atoms with Crippen LogP contribution >= 0.6 is 11.8 Å². The minimum atomic E-state index is -3.61. The van der Waals surface area contributed by atoms with Crippen molar-refractivity contribution in [3.63, 3.8) is 0 Å². The number of halogens is 3. The highest BCUT2D eigenvalue weighted by molar-refractivity contribution is 7.98. The SMILES string of the molecule is O=S(=O)(c1ccc2c(c1)nc(SCc1c(F)cc(F)cc1F)n2C[C@@H]1CCCO1)N1CCCC1. The zero-order valence-electron chi connectivity index (χ0n) is 18.3. The third kappa shape index (κ3) is 4.58. The van der Waals surface area contributed by atoms with Crippen LogP contribution in [0.25, 0.3) is 11.0 Å². The van der Waals surface area contributed by atoms with Crippen molar-refractivity contribution < 1.29 is 26.3 Å². The molecule has 2 fully saturated rings. The van der Waals surface area contributed by atoms with E-state index in [9.17, 15) is 21.6 Å². The van der Waals surface area contributed by atoms with Crippen molar-refractivity contribution in [1.82, 2.24) is 13.9 Å². The standard InChI is InChI=1S/C23H24F3N3O3S2/c24-15-10-19(25)18(20(26)11-15)14-33-23-27-21-12-17(34(30,31)28-7-1-2-8-28)5-6-22(21)29(23)13-16-4-3-9-32-16/h5-6,10-12,16H,1-4,7-9,13-14H2/t16-/m0/s1. The second-order valence-corrected chi connectivity index (χ2v) is 11.4. The lowest BCUT2D eigenvalue weighted by molar-refractivity contribution is 0.0960. The third-order valence-corrected chi connectivity index (χ3v) is 9.15. The minimum absolute atomic E-state index is 0.0240. The number of ether oxygens (including phenoxy) is 1. The Hall–Kier alpha value is -2.08. The number of sulfonamides is 1. The van der Waals surface area contributed by atoms with Crippen LogP contribution < -0.4 is 0 Å². The maximum Gasteiger partial charge on any atom is 0.243 e. The van der Waals surface area contributed by atoms with E-state index in [2.05, 4.69) is 4.98 Å². The number of thioether (sulfide) groups is 1. The van der Waals surface area contributed by atoms with Gasteiger partial charge in [-0.2, -0.15) is 4.31 Å². The molecule has 0 spiro atoms. The number of imidazole rings is 1. The smallest absolute Gasteiger partial charge is 0.243 e. The Morgan fingerprint density at radius 3 is 2.47 bits per heavy atom. The van der Waals surface area contributed by atoms with Gasteiger partial charge in [-0.25, -0.2) is 26.6 Å². The molecule has 3 heterocycles. The van der Waals surface area contributed by atoms with Crippen LogP contribution in [0.15, 0.2) is 40.4 Å². The number of benzene rings is 2. The van der Waals surface area contributed by atoms with Crippen LogP contribution in [-0.2, 0) is 27.1 Å². The second kappa shape index (κ2) is 9.52. The molecule has 3 aromatic rings. The summed E-state index contributed by atoms with van der Waals surface area (Å²) in [7, 11) is -3.61. The van der Waals surface area contributed by atoms with Crippen LogP contribution in [0.3, 0.4) is 0 Å². The van der Waals surface area contributed by atoms with E-state index < -0.39 is 27.5 Å². The highest BCUT2D eigenvalue weighted by Gasteiger charge is 2.28. The molecule has 0 saturated carbocycles. The lowest BCUT2D eigenvalue weighted by Gasteiger charge is -2.16. The van der Waals surface area contributed by atoms with E-state index in [0.29, 0.717) is 49.0 Å². The Kier molecular flexibility index (Phi) is 6.62.